The number of carbonyl (C=O) groups is 2. The van der Waals surface area contributed by atoms with Gasteiger partial charge in [-0.25, -0.2) is 0 Å². The molecule has 1 aromatic carbocycles. The van der Waals surface area contributed by atoms with Crippen LogP contribution in [0.1, 0.15) is 38.8 Å². The fraction of sp³-hybridized carbons (Fsp3) is 0.429. The zero-order valence-corrected chi connectivity index (χ0v) is 11.0. The summed E-state index contributed by atoms with van der Waals surface area (Å²) in [7, 11) is 0. The molecule has 0 radical (unpaired) electrons. The minimum Gasteiger partial charge on any atom is -0.481 e. The first-order valence-corrected chi connectivity index (χ1v) is 5.68. The zero-order valence-electron chi connectivity index (χ0n) is 11.0. The molecule has 1 rings (SSSR count). The maximum absolute atomic E-state index is 11.3. The third-order valence-electron chi connectivity index (χ3n) is 3.34. The molecule has 0 aliphatic carbocycles. The number of carboxylic acids is 2. The molecule has 0 fully saturated rings. The van der Waals surface area contributed by atoms with Gasteiger partial charge in [0.05, 0.1) is 10.8 Å². The molecule has 0 spiro atoms. The van der Waals surface area contributed by atoms with Gasteiger partial charge in [0.25, 0.3) is 0 Å². The minimum atomic E-state index is -1.12. The van der Waals surface area contributed by atoms with Gasteiger partial charge in [-0.15, -0.1) is 0 Å². The quantitative estimate of drug-likeness (QED) is 0.860. The van der Waals surface area contributed by atoms with E-state index in [1.165, 1.54) is 0 Å². The van der Waals surface area contributed by atoms with Crippen LogP contribution in [-0.2, 0) is 20.4 Å². The Kier molecular flexibility index (Phi) is 3.51. The van der Waals surface area contributed by atoms with Gasteiger partial charge in [0.1, 0.15) is 0 Å². The molecule has 0 bridgehead atoms. The molecule has 0 heterocycles. The monoisotopic (exact) mass is 250 g/mol. The number of benzene rings is 1. The second kappa shape index (κ2) is 4.44. The van der Waals surface area contributed by atoms with Gasteiger partial charge in [-0.05, 0) is 38.8 Å². The Hall–Kier alpha value is -1.84. The molecule has 18 heavy (non-hydrogen) atoms. The van der Waals surface area contributed by atoms with Crippen molar-refractivity contribution >= 4 is 11.9 Å². The van der Waals surface area contributed by atoms with Crippen LogP contribution >= 0.6 is 0 Å². The van der Waals surface area contributed by atoms with E-state index in [0.29, 0.717) is 11.1 Å². The van der Waals surface area contributed by atoms with Crippen LogP contribution in [-0.4, -0.2) is 22.2 Å². The maximum atomic E-state index is 11.3. The average Bonchev–Trinajstić information content (AvgIpc) is 2.28. The summed E-state index contributed by atoms with van der Waals surface area (Å²) in [6, 6.07) is 6.80. The summed E-state index contributed by atoms with van der Waals surface area (Å²) < 4.78 is 0. The minimum absolute atomic E-state index is 0.532. The van der Waals surface area contributed by atoms with E-state index in [-0.39, 0.29) is 0 Å². The van der Waals surface area contributed by atoms with Crippen molar-refractivity contribution in [2.45, 2.75) is 38.5 Å². The SMILES string of the molecule is CC(C)(C(=O)O)c1ccccc1C(C)(C)C(=O)O. The first-order chi connectivity index (χ1) is 8.11. The molecule has 4 heteroatoms. The van der Waals surface area contributed by atoms with Crippen molar-refractivity contribution in [2.75, 3.05) is 0 Å². The molecule has 1 aromatic rings. The molecular formula is C14H18O4. The summed E-state index contributed by atoms with van der Waals surface area (Å²) >= 11 is 0. The van der Waals surface area contributed by atoms with Crippen molar-refractivity contribution in [3.63, 3.8) is 0 Å². The fourth-order valence-corrected chi connectivity index (χ4v) is 1.80. The van der Waals surface area contributed by atoms with Gasteiger partial charge in [-0.2, -0.15) is 0 Å². The second-order valence-electron chi connectivity index (χ2n) is 5.41. The molecule has 98 valence electrons. The molecule has 4 nitrogen and oxygen atoms in total. The van der Waals surface area contributed by atoms with Crippen LogP contribution in [0, 0.1) is 0 Å². The van der Waals surface area contributed by atoms with Crippen LogP contribution in [0.3, 0.4) is 0 Å². The van der Waals surface area contributed by atoms with Crippen molar-refractivity contribution in [3.05, 3.63) is 35.4 Å². The predicted octanol–water partition coefficient (Wildman–Crippen LogP) is 2.41. The van der Waals surface area contributed by atoms with E-state index in [0.717, 1.165) is 0 Å². The third kappa shape index (κ3) is 2.23. The highest BCUT2D eigenvalue weighted by atomic mass is 16.4. The number of hydrogen-bond donors (Lipinski definition) is 2. The lowest BCUT2D eigenvalue weighted by molar-refractivity contribution is -0.144. The third-order valence-corrected chi connectivity index (χ3v) is 3.34. The van der Waals surface area contributed by atoms with E-state index in [2.05, 4.69) is 0 Å². The summed E-state index contributed by atoms with van der Waals surface area (Å²) in [6.07, 6.45) is 0. The second-order valence-corrected chi connectivity index (χ2v) is 5.41. The van der Waals surface area contributed by atoms with Crippen LogP contribution in [0.15, 0.2) is 24.3 Å². The lowest BCUT2D eigenvalue weighted by atomic mass is 9.73. The summed E-state index contributed by atoms with van der Waals surface area (Å²) in [6.45, 7) is 6.30. The molecule has 0 amide bonds. The van der Waals surface area contributed by atoms with E-state index in [1.54, 1.807) is 52.0 Å². The summed E-state index contributed by atoms with van der Waals surface area (Å²) in [4.78, 5) is 22.6. The van der Waals surface area contributed by atoms with Crippen LogP contribution in [0.5, 0.6) is 0 Å². The molecule has 0 saturated carbocycles. The van der Waals surface area contributed by atoms with Crippen LogP contribution < -0.4 is 0 Å². The van der Waals surface area contributed by atoms with Crippen LogP contribution in [0.4, 0.5) is 0 Å². The van der Waals surface area contributed by atoms with Crippen molar-refractivity contribution < 1.29 is 19.8 Å². The lowest BCUT2D eigenvalue weighted by Crippen LogP contribution is -2.36. The van der Waals surface area contributed by atoms with Crippen molar-refractivity contribution in [3.8, 4) is 0 Å². The number of carboxylic acid groups (broad SMARTS) is 2. The molecule has 0 aliphatic rings. The van der Waals surface area contributed by atoms with Crippen molar-refractivity contribution in [1.82, 2.24) is 0 Å². The molecule has 0 saturated heterocycles. The van der Waals surface area contributed by atoms with Crippen LogP contribution in [0.25, 0.3) is 0 Å². The summed E-state index contributed by atoms with van der Waals surface area (Å²) in [5.41, 5.74) is -1.18. The zero-order chi connectivity index (χ0) is 14.1. The van der Waals surface area contributed by atoms with Crippen LogP contribution in [0.2, 0.25) is 0 Å². The normalized spacial score (nSPS) is 12.2. The van der Waals surface area contributed by atoms with E-state index >= 15 is 0 Å². The Morgan fingerprint density at radius 1 is 0.833 bits per heavy atom. The summed E-state index contributed by atoms with van der Waals surface area (Å²) in [5, 5.41) is 18.6. The molecule has 0 aliphatic heterocycles. The highest BCUT2D eigenvalue weighted by Gasteiger charge is 2.38. The molecule has 2 N–H and O–H groups in total. The Morgan fingerprint density at radius 2 is 1.11 bits per heavy atom. The van der Waals surface area contributed by atoms with E-state index in [9.17, 15) is 19.8 Å². The molecule has 0 unspecified atom stereocenters. The first-order valence-electron chi connectivity index (χ1n) is 5.68. The van der Waals surface area contributed by atoms with E-state index in [4.69, 9.17) is 0 Å². The van der Waals surface area contributed by atoms with Gasteiger partial charge in [-0.3, -0.25) is 9.59 Å². The van der Waals surface area contributed by atoms with Gasteiger partial charge >= 0.3 is 11.9 Å². The standard InChI is InChI=1S/C14H18O4/c1-13(2,11(15)16)9-7-5-6-8-10(9)14(3,4)12(17)18/h5-8H,1-4H3,(H,15,16)(H,17,18). The lowest BCUT2D eigenvalue weighted by Gasteiger charge is -2.29. The van der Waals surface area contributed by atoms with Gasteiger partial charge < -0.3 is 10.2 Å². The van der Waals surface area contributed by atoms with Crippen molar-refractivity contribution in [1.29, 1.82) is 0 Å². The van der Waals surface area contributed by atoms with Crippen molar-refractivity contribution in [2.24, 2.45) is 0 Å². The number of hydrogen-bond acceptors (Lipinski definition) is 2. The van der Waals surface area contributed by atoms with Gasteiger partial charge in [-0.1, -0.05) is 24.3 Å². The van der Waals surface area contributed by atoms with Gasteiger partial charge in [0, 0.05) is 0 Å². The Balaban J connectivity index is 3.50. The highest BCUT2D eigenvalue weighted by molar-refractivity contribution is 5.85. The highest BCUT2D eigenvalue weighted by Crippen LogP contribution is 2.34. The molecular weight excluding hydrogens is 232 g/mol. The predicted molar refractivity (Wildman–Crippen MR) is 67.8 cm³/mol. The van der Waals surface area contributed by atoms with E-state index in [1.807, 2.05) is 0 Å². The first kappa shape index (κ1) is 14.2. The fourth-order valence-electron chi connectivity index (χ4n) is 1.80. The largest absolute Gasteiger partial charge is 0.481 e. The smallest absolute Gasteiger partial charge is 0.313 e. The topological polar surface area (TPSA) is 74.6 Å². The Morgan fingerprint density at radius 3 is 1.33 bits per heavy atom. The Bertz CT molecular complexity index is 441. The van der Waals surface area contributed by atoms with E-state index < -0.39 is 22.8 Å². The average molecular weight is 250 g/mol. The molecule has 0 atom stereocenters. The Labute approximate surface area is 106 Å². The molecule has 0 aromatic heterocycles. The number of rotatable bonds is 4. The van der Waals surface area contributed by atoms with Gasteiger partial charge in [0.2, 0.25) is 0 Å². The summed E-state index contributed by atoms with van der Waals surface area (Å²) in [5.74, 6) is -1.95. The number of aliphatic carboxylic acids is 2. The van der Waals surface area contributed by atoms with Gasteiger partial charge in [0.15, 0.2) is 0 Å². The maximum Gasteiger partial charge on any atom is 0.313 e.